The summed E-state index contributed by atoms with van der Waals surface area (Å²) in [5, 5.41) is 18.3. The predicted molar refractivity (Wildman–Crippen MR) is 66.2 cm³/mol. The fourth-order valence-corrected chi connectivity index (χ4v) is 2.02. The zero-order chi connectivity index (χ0) is 14.1. The van der Waals surface area contributed by atoms with Gasteiger partial charge in [0.15, 0.2) is 0 Å². The Kier molecular flexibility index (Phi) is 4.21. The number of aliphatic hydroxyl groups excluding tert-OH is 1. The van der Waals surface area contributed by atoms with Crippen LogP contribution in [0.25, 0.3) is 0 Å². The topological polar surface area (TPSA) is 81.1 Å². The summed E-state index contributed by atoms with van der Waals surface area (Å²) < 4.78 is 0. The van der Waals surface area contributed by atoms with Crippen LogP contribution in [-0.4, -0.2) is 64.3 Å². The highest BCUT2D eigenvalue weighted by molar-refractivity contribution is 5.78. The zero-order valence-corrected chi connectivity index (χ0v) is 11.4. The number of aliphatic carboxylic acids is 1. The lowest BCUT2D eigenvalue weighted by Gasteiger charge is -2.36. The van der Waals surface area contributed by atoms with E-state index in [1.54, 1.807) is 25.8 Å². The highest BCUT2D eigenvalue weighted by Gasteiger charge is 2.39. The minimum atomic E-state index is -0.859. The van der Waals surface area contributed by atoms with E-state index in [0.29, 0.717) is 6.54 Å². The van der Waals surface area contributed by atoms with Crippen LogP contribution in [0.15, 0.2) is 0 Å². The molecule has 2 N–H and O–H groups in total. The van der Waals surface area contributed by atoms with Crippen molar-refractivity contribution in [3.63, 3.8) is 0 Å². The van der Waals surface area contributed by atoms with E-state index in [4.69, 9.17) is 5.11 Å². The molecule has 0 aromatic rings. The van der Waals surface area contributed by atoms with Crippen LogP contribution in [0.4, 0.5) is 4.79 Å². The summed E-state index contributed by atoms with van der Waals surface area (Å²) in [7, 11) is 1.62. The summed E-state index contributed by atoms with van der Waals surface area (Å²) in [5.74, 6) is -1.40. The Bertz CT molecular complexity index is 343. The van der Waals surface area contributed by atoms with Crippen LogP contribution in [-0.2, 0) is 4.79 Å². The molecule has 0 bridgehead atoms. The number of aliphatic hydroxyl groups is 1. The van der Waals surface area contributed by atoms with Crippen molar-refractivity contribution in [2.45, 2.75) is 26.3 Å². The SMILES string of the molecule is C[C@@H]1CN(C(=O)N(C)C(C)(C)CO)C[C@H]1C(=O)O. The first-order valence-corrected chi connectivity index (χ1v) is 6.07. The third-order valence-corrected chi connectivity index (χ3v) is 3.78. The molecule has 0 spiro atoms. The Morgan fingerprint density at radius 1 is 1.39 bits per heavy atom. The zero-order valence-electron chi connectivity index (χ0n) is 11.4. The first kappa shape index (κ1) is 14.8. The van der Waals surface area contributed by atoms with Gasteiger partial charge >= 0.3 is 12.0 Å². The van der Waals surface area contributed by atoms with Crippen molar-refractivity contribution in [2.75, 3.05) is 26.7 Å². The van der Waals surface area contributed by atoms with Crippen LogP contribution in [0.3, 0.4) is 0 Å². The second-order valence-electron chi connectivity index (χ2n) is 5.64. The molecule has 0 unspecified atom stereocenters. The van der Waals surface area contributed by atoms with Crippen LogP contribution in [0.5, 0.6) is 0 Å². The van der Waals surface area contributed by atoms with Gasteiger partial charge in [0, 0.05) is 20.1 Å². The number of hydrogen-bond donors (Lipinski definition) is 2. The van der Waals surface area contributed by atoms with Crippen molar-refractivity contribution in [1.29, 1.82) is 0 Å². The summed E-state index contributed by atoms with van der Waals surface area (Å²) in [6, 6.07) is -0.232. The second-order valence-corrected chi connectivity index (χ2v) is 5.64. The van der Waals surface area contributed by atoms with Crippen molar-refractivity contribution in [1.82, 2.24) is 9.80 Å². The number of urea groups is 1. The molecule has 0 aliphatic carbocycles. The van der Waals surface area contributed by atoms with Crippen molar-refractivity contribution < 1.29 is 19.8 Å². The Morgan fingerprint density at radius 3 is 2.33 bits per heavy atom. The molecule has 1 aliphatic rings. The summed E-state index contributed by atoms with van der Waals surface area (Å²) in [6.07, 6.45) is 0. The highest BCUT2D eigenvalue weighted by Crippen LogP contribution is 2.25. The normalized spacial score (nSPS) is 24.2. The van der Waals surface area contributed by atoms with E-state index >= 15 is 0 Å². The van der Waals surface area contributed by atoms with E-state index in [0.717, 1.165) is 0 Å². The largest absolute Gasteiger partial charge is 0.481 e. The summed E-state index contributed by atoms with van der Waals surface area (Å²) in [6.45, 7) is 5.91. The van der Waals surface area contributed by atoms with E-state index < -0.39 is 17.4 Å². The number of carboxylic acids is 1. The Labute approximate surface area is 107 Å². The number of likely N-dealkylation sites (tertiary alicyclic amines) is 1. The van der Waals surface area contributed by atoms with Crippen molar-refractivity contribution in [2.24, 2.45) is 11.8 Å². The summed E-state index contributed by atoms with van der Waals surface area (Å²) in [5.41, 5.74) is -0.651. The van der Waals surface area contributed by atoms with Gasteiger partial charge in [0.05, 0.1) is 18.1 Å². The predicted octanol–water partition coefficient (Wildman–Crippen LogP) is 0.462. The third kappa shape index (κ3) is 2.75. The maximum atomic E-state index is 12.2. The van der Waals surface area contributed by atoms with E-state index in [-0.39, 0.29) is 25.1 Å². The minimum absolute atomic E-state index is 0.0444. The van der Waals surface area contributed by atoms with Crippen LogP contribution < -0.4 is 0 Å². The standard InChI is InChI=1S/C12H22N2O4/c1-8-5-14(6-9(8)10(16)17)11(18)13(4)12(2,3)7-15/h8-9,15H,5-7H2,1-4H3,(H,16,17)/t8-,9-/m1/s1. The van der Waals surface area contributed by atoms with Crippen LogP contribution >= 0.6 is 0 Å². The molecule has 6 heteroatoms. The second kappa shape index (κ2) is 5.14. The molecular formula is C12H22N2O4. The molecule has 0 aromatic heterocycles. The smallest absolute Gasteiger partial charge is 0.320 e. The van der Waals surface area contributed by atoms with Gasteiger partial charge in [-0.2, -0.15) is 0 Å². The average Bonchev–Trinajstić information content (AvgIpc) is 2.69. The average molecular weight is 258 g/mol. The molecule has 1 saturated heterocycles. The van der Waals surface area contributed by atoms with Crippen LogP contribution in [0, 0.1) is 11.8 Å². The summed E-state index contributed by atoms with van der Waals surface area (Å²) in [4.78, 5) is 26.2. The van der Waals surface area contributed by atoms with Gasteiger partial charge in [-0.3, -0.25) is 4.79 Å². The minimum Gasteiger partial charge on any atom is -0.481 e. The van der Waals surface area contributed by atoms with Gasteiger partial charge < -0.3 is 20.0 Å². The molecule has 1 heterocycles. The maximum absolute atomic E-state index is 12.2. The lowest BCUT2D eigenvalue weighted by atomic mass is 9.99. The lowest BCUT2D eigenvalue weighted by molar-refractivity contribution is -0.142. The van der Waals surface area contributed by atoms with Gasteiger partial charge in [0.25, 0.3) is 0 Å². The lowest BCUT2D eigenvalue weighted by Crippen LogP contribution is -2.52. The van der Waals surface area contributed by atoms with Crippen molar-refractivity contribution in [3.05, 3.63) is 0 Å². The molecule has 0 saturated carbocycles. The molecule has 0 radical (unpaired) electrons. The highest BCUT2D eigenvalue weighted by atomic mass is 16.4. The fourth-order valence-electron chi connectivity index (χ4n) is 2.02. The molecule has 2 atom stereocenters. The number of carboxylic acid groups (broad SMARTS) is 1. The number of hydrogen-bond acceptors (Lipinski definition) is 3. The number of carbonyl (C=O) groups excluding carboxylic acids is 1. The molecule has 6 nitrogen and oxygen atoms in total. The number of carbonyl (C=O) groups is 2. The van der Waals surface area contributed by atoms with Gasteiger partial charge in [0.1, 0.15) is 0 Å². The molecular weight excluding hydrogens is 236 g/mol. The fraction of sp³-hybridized carbons (Fsp3) is 0.833. The molecule has 18 heavy (non-hydrogen) atoms. The monoisotopic (exact) mass is 258 g/mol. The Hall–Kier alpha value is -1.30. The van der Waals surface area contributed by atoms with Crippen molar-refractivity contribution in [3.8, 4) is 0 Å². The van der Waals surface area contributed by atoms with Crippen molar-refractivity contribution >= 4 is 12.0 Å². The first-order valence-electron chi connectivity index (χ1n) is 6.07. The summed E-state index contributed by atoms with van der Waals surface area (Å²) >= 11 is 0. The molecule has 1 rings (SSSR count). The van der Waals surface area contributed by atoms with Gasteiger partial charge in [-0.05, 0) is 19.8 Å². The third-order valence-electron chi connectivity index (χ3n) is 3.78. The van der Waals surface area contributed by atoms with E-state index in [1.807, 2.05) is 6.92 Å². The Balaban J connectivity index is 2.73. The first-order chi connectivity index (χ1) is 8.20. The number of amides is 2. The maximum Gasteiger partial charge on any atom is 0.320 e. The quantitative estimate of drug-likeness (QED) is 0.770. The van der Waals surface area contributed by atoms with E-state index in [2.05, 4.69) is 0 Å². The van der Waals surface area contributed by atoms with Gasteiger partial charge in [-0.25, -0.2) is 4.79 Å². The molecule has 1 aliphatic heterocycles. The van der Waals surface area contributed by atoms with Gasteiger partial charge in [0.2, 0.25) is 0 Å². The van der Waals surface area contributed by atoms with Gasteiger partial charge in [-0.1, -0.05) is 6.92 Å². The van der Waals surface area contributed by atoms with Crippen LogP contribution in [0.1, 0.15) is 20.8 Å². The molecule has 1 fully saturated rings. The van der Waals surface area contributed by atoms with E-state index in [1.165, 1.54) is 4.90 Å². The number of nitrogens with zero attached hydrogens (tertiary/aromatic N) is 2. The molecule has 0 aromatic carbocycles. The molecule has 104 valence electrons. The Morgan fingerprint density at radius 2 is 1.94 bits per heavy atom. The number of likely N-dealkylation sites (N-methyl/N-ethyl adjacent to an activating group) is 1. The van der Waals surface area contributed by atoms with E-state index in [9.17, 15) is 14.7 Å². The number of rotatable bonds is 3. The molecule has 2 amide bonds. The van der Waals surface area contributed by atoms with Gasteiger partial charge in [-0.15, -0.1) is 0 Å². The van der Waals surface area contributed by atoms with Crippen LogP contribution in [0.2, 0.25) is 0 Å².